The Labute approximate surface area is 135 Å². The van der Waals surface area contributed by atoms with Crippen LogP contribution in [0.2, 0.25) is 0 Å². The molecule has 122 valence electrons. The highest BCUT2D eigenvalue weighted by molar-refractivity contribution is 7.91. The van der Waals surface area contributed by atoms with Crippen molar-refractivity contribution in [2.45, 2.75) is 19.4 Å². The molecule has 0 radical (unpaired) electrons. The van der Waals surface area contributed by atoms with Crippen molar-refractivity contribution in [1.29, 1.82) is 0 Å². The van der Waals surface area contributed by atoms with Crippen LogP contribution in [0.3, 0.4) is 0 Å². The van der Waals surface area contributed by atoms with Crippen LogP contribution in [0.1, 0.15) is 22.5 Å². The van der Waals surface area contributed by atoms with Crippen molar-refractivity contribution < 1.29 is 17.6 Å². The summed E-state index contributed by atoms with van der Waals surface area (Å²) in [7, 11) is -3.07. The lowest BCUT2D eigenvalue weighted by atomic mass is 10.1. The van der Waals surface area contributed by atoms with Crippen LogP contribution in [0.15, 0.2) is 41.3 Å². The summed E-state index contributed by atoms with van der Waals surface area (Å²) < 4.78 is 29.2. The topological polar surface area (TPSA) is 67.6 Å². The number of rotatable bonds is 4. The molecular formula is C17H19NO4S. The highest BCUT2D eigenvalue weighted by Gasteiger charge is 2.36. The van der Waals surface area contributed by atoms with Gasteiger partial charge in [-0.3, -0.25) is 4.79 Å². The maximum Gasteiger partial charge on any atom is 0.290 e. The van der Waals surface area contributed by atoms with Gasteiger partial charge in [0, 0.05) is 23.5 Å². The van der Waals surface area contributed by atoms with E-state index in [1.807, 2.05) is 31.2 Å². The van der Waals surface area contributed by atoms with Crippen LogP contribution < -0.4 is 0 Å². The number of hydrogen-bond acceptors (Lipinski definition) is 4. The Morgan fingerprint density at radius 3 is 2.78 bits per heavy atom. The molecule has 1 unspecified atom stereocenters. The summed E-state index contributed by atoms with van der Waals surface area (Å²) in [6, 6.07) is 7.15. The molecule has 1 aliphatic heterocycles. The van der Waals surface area contributed by atoms with Gasteiger partial charge in [-0.2, -0.15) is 0 Å². The minimum atomic E-state index is -3.07. The van der Waals surface area contributed by atoms with Crippen molar-refractivity contribution in [3.05, 3.63) is 48.2 Å². The molecule has 1 saturated heterocycles. The number of hydrogen-bond donors (Lipinski definition) is 0. The number of carbonyl (C=O) groups excluding carboxylic acids is 1. The molecule has 1 aliphatic rings. The minimum Gasteiger partial charge on any atom is -0.451 e. The van der Waals surface area contributed by atoms with E-state index in [0.29, 0.717) is 18.5 Å². The Kier molecular flexibility index (Phi) is 4.02. The normalized spacial score (nSPS) is 19.8. The second kappa shape index (κ2) is 5.85. The van der Waals surface area contributed by atoms with Crippen LogP contribution in [0.5, 0.6) is 0 Å². The molecule has 2 heterocycles. The summed E-state index contributed by atoms with van der Waals surface area (Å²) in [5.74, 6) is 0.127. The van der Waals surface area contributed by atoms with E-state index in [4.69, 9.17) is 4.42 Å². The van der Waals surface area contributed by atoms with Crippen LogP contribution in [0.25, 0.3) is 11.0 Å². The summed E-state index contributed by atoms with van der Waals surface area (Å²) >= 11 is 0. The SMILES string of the molecule is C=CCN(C(=O)c1oc2ccccc2c1C)C1CCS(=O)(=O)C1. The van der Waals surface area contributed by atoms with Gasteiger partial charge in [-0.1, -0.05) is 24.3 Å². The van der Waals surface area contributed by atoms with Crippen molar-refractivity contribution in [2.75, 3.05) is 18.1 Å². The first kappa shape index (κ1) is 15.8. The van der Waals surface area contributed by atoms with Crippen molar-refractivity contribution >= 4 is 26.7 Å². The van der Waals surface area contributed by atoms with E-state index >= 15 is 0 Å². The maximum atomic E-state index is 12.9. The number of benzene rings is 1. The van der Waals surface area contributed by atoms with E-state index in [2.05, 4.69) is 6.58 Å². The minimum absolute atomic E-state index is 0.00581. The monoisotopic (exact) mass is 333 g/mol. The summed E-state index contributed by atoms with van der Waals surface area (Å²) in [5.41, 5.74) is 1.44. The van der Waals surface area contributed by atoms with E-state index in [1.165, 1.54) is 0 Å². The van der Waals surface area contributed by atoms with Crippen molar-refractivity contribution in [3.8, 4) is 0 Å². The number of sulfone groups is 1. The van der Waals surface area contributed by atoms with E-state index in [9.17, 15) is 13.2 Å². The number of amides is 1. The summed E-state index contributed by atoms with van der Waals surface area (Å²) in [6.07, 6.45) is 2.07. The van der Waals surface area contributed by atoms with Gasteiger partial charge in [-0.15, -0.1) is 6.58 Å². The van der Waals surface area contributed by atoms with Gasteiger partial charge in [0.25, 0.3) is 5.91 Å². The quantitative estimate of drug-likeness (QED) is 0.807. The summed E-state index contributed by atoms with van der Waals surface area (Å²) in [6.45, 7) is 5.82. The highest BCUT2D eigenvalue weighted by atomic mass is 32.2. The zero-order chi connectivity index (χ0) is 16.6. The third-order valence-electron chi connectivity index (χ3n) is 4.27. The molecule has 0 saturated carbocycles. The molecule has 1 amide bonds. The average Bonchev–Trinajstić information content (AvgIpc) is 3.05. The molecule has 6 heteroatoms. The highest BCUT2D eigenvalue weighted by Crippen LogP contribution is 2.28. The van der Waals surface area contributed by atoms with E-state index in [1.54, 1.807) is 11.0 Å². The lowest BCUT2D eigenvalue weighted by Gasteiger charge is -2.26. The smallest absolute Gasteiger partial charge is 0.290 e. The molecule has 0 bridgehead atoms. The van der Waals surface area contributed by atoms with Gasteiger partial charge in [0.1, 0.15) is 5.58 Å². The van der Waals surface area contributed by atoms with Crippen molar-refractivity contribution in [3.63, 3.8) is 0 Å². The number of fused-ring (bicyclic) bond motifs is 1. The fourth-order valence-electron chi connectivity index (χ4n) is 3.07. The van der Waals surface area contributed by atoms with E-state index in [-0.39, 0.29) is 29.2 Å². The third-order valence-corrected chi connectivity index (χ3v) is 6.02. The lowest BCUT2D eigenvalue weighted by Crippen LogP contribution is -2.41. The molecule has 5 nitrogen and oxygen atoms in total. The van der Waals surface area contributed by atoms with Crippen LogP contribution in [0, 0.1) is 6.92 Å². The predicted molar refractivity (Wildman–Crippen MR) is 89.2 cm³/mol. The molecule has 0 spiro atoms. The number of aryl methyl sites for hydroxylation is 1. The molecule has 3 rings (SSSR count). The van der Waals surface area contributed by atoms with Gasteiger partial charge in [0.15, 0.2) is 15.6 Å². The van der Waals surface area contributed by atoms with Crippen LogP contribution in [0.4, 0.5) is 0 Å². The first-order valence-corrected chi connectivity index (χ1v) is 9.35. The predicted octanol–water partition coefficient (Wildman–Crippen LogP) is 2.56. The standard InChI is InChI=1S/C17H19NO4S/c1-3-9-18(13-8-10-23(20,21)11-13)17(19)16-12(2)14-6-4-5-7-15(14)22-16/h3-7,13H,1,8-11H2,2H3. The molecular weight excluding hydrogens is 314 g/mol. The Bertz CT molecular complexity index is 866. The Morgan fingerprint density at radius 1 is 1.43 bits per heavy atom. The Balaban J connectivity index is 1.97. The first-order chi connectivity index (χ1) is 10.9. The van der Waals surface area contributed by atoms with Crippen molar-refractivity contribution in [2.24, 2.45) is 0 Å². The first-order valence-electron chi connectivity index (χ1n) is 7.53. The zero-order valence-electron chi connectivity index (χ0n) is 13.0. The largest absolute Gasteiger partial charge is 0.451 e. The molecule has 1 fully saturated rings. The van der Waals surface area contributed by atoms with Crippen LogP contribution >= 0.6 is 0 Å². The second-order valence-corrected chi connectivity index (χ2v) is 8.08. The molecule has 1 aromatic heterocycles. The number of furan rings is 1. The molecule has 0 aliphatic carbocycles. The maximum absolute atomic E-state index is 12.9. The van der Waals surface area contributed by atoms with Gasteiger partial charge < -0.3 is 9.32 Å². The number of para-hydroxylation sites is 1. The van der Waals surface area contributed by atoms with Gasteiger partial charge >= 0.3 is 0 Å². The average molecular weight is 333 g/mol. The fourth-order valence-corrected chi connectivity index (χ4v) is 4.80. The number of nitrogens with zero attached hydrogens (tertiary/aromatic N) is 1. The van der Waals surface area contributed by atoms with Crippen molar-refractivity contribution in [1.82, 2.24) is 4.90 Å². The number of carbonyl (C=O) groups is 1. The lowest BCUT2D eigenvalue weighted by molar-refractivity contribution is 0.0689. The van der Waals surface area contributed by atoms with Gasteiger partial charge in [-0.05, 0) is 19.4 Å². The van der Waals surface area contributed by atoms with E-state index in [0.717, 1.165) is 10.9 Å². The van der Waals surface area contributed by atoms with Gasteiger partial charge in [-0.25, -0.2) is 8.42 Å². The van der Waals surface area contributed by atoms with Gasteiger partial charge in [0.2, 0.25) is 0 Å². The molecule has 1 aromatic carbocycles. The van der Waals surface area contributed by atoms with Crippen LogP contribution in [-0.2, 0) is 9.84 Å². The molecule has 23 heavy (non-hydrogen) atoms. The summed E-state index contributed by atoms with van der Waals surface area (Å²) in [5, 5.41) is 0.897. The molecule has 1 atom stereocenters. The summed E-state index contributed by atoms with van der Waals surface area (Å²) in [4.78, 5) is 14.5. The second-order valence-electron chi connectivity index (χ2n) is 5.86. The Morgan fingerprint density at radius 2 is 2.17 bits per heavy atom. The molecule has 2 aromatic rings. The zero-order valence-corrected chi connectivity index (χ0v) is 13.8. The Hall–Kier alpha value is -2.08. The molecule has 0 N–H and O–H groups in total. The van der Waals surface area contributed by atoms with Gasteiger partial charge in [0.05, 0.1) is 11.5 Å². The fraction of sp³-hybridized carbons (Fsp3) is 0.353. The van der Waals surface area contributed by atoms with Crippen LogP contribution in [-0.4, -0.2) is 43.3 Å². The third kappa shape index (κ3) is 2.91. The van der Waals surface area contributed by atoms with E-state index < -0.39 is 9.84 Å².